The van der Waals surface area contributed by atoms with Crippen LogP contribution >= 0.6 is 15.9 Å². The molecule has 102 valence electrons. The molecule has 0 bridgehead atoms. The highest BCUT2D eigenvalue weighted by molar-refractivity contribution is 9.09. The lowest BCUT2D eigenvalue weighted by Gasteiger charge is -2.43. The third kappa shape index (κ3) is 1.50. The van der Waals surface area contributed by atoms with Gasteiger partial charge in [-0.15, -0.1) is 0 Å². The predicted octanol–water partition coefficient (Wildman–Crippen LogP) is 5.46. The molecule has 5 rings (SSSR count). The average Bonchev–Trinajstić information content (AvgIpc) is 2.54. The van der Waals surface area contributed by atoms with Gasteiger partial charge in [0.25, 0.3) is 0 Å². The van der Waals surface area contributed by atoms with Crippen LogP contribution in [0.3, 0.4) is 0 Å². The van der Waals surface area contributed by atoms with Gasteiger partial charge in [-0.1, -0.05) is 82.7 Å². The number of hydrogen-bond donors (Lipinski definition) is 0. The van der Waals surface area contributed by atoms with Crippen LogP contribution in [-0.2, 0) is 0 Å². The van der Waals surface area contributed by atoms with Crippen molar-refractivity contribution in [3.05, 3.63) is 77.9 Å². The second-order valence-corrected chi connectivity index (χ2v) is 7.27. The van der Waals surface area contributed by atoms with E-state index in [2.05, 4.69) is 82.7 Å². The number of allylic oxidation sites excluding steroid dienone is 6. The molecular formula is C20H15Br. The van der Waals surface area contributed by atoms with E-state index < -0.39 is 0 Å². The normalized spacial score (nSPS) is 32.0. The first kappa shape index (κ1) is 12.0. The third-order valence-electron chi connectivity index (χ3n) is 5.25. The van der Waals surface area contributed by atoms with Crippen molar-refractivity contribution in [2.24, 2.45) is 11.8 Å². The summed E-state index contributed by atoms with van der Waals surface area (Å²) in [4.78, 5) is 0.447. The Kier molecular flexibility index (Phi) is 2.40. The molecule has 0 aromatic heterocycles. The average molecular weight is 335 g/mol. The van der Waals surface area contributed by atoms with Crippen LogP contribution < -0.4 is 0 Å². The van der Waals surface area contributed by atoms with E-state index in [4.69, 9.17) is 0 Å². The Morgan fingerprint density at radius 2 is 1.76 bits per heavy atom. The molecule has 3 aliphatic rings. The smallest absolute Gasteiger partial charge is 0.0394 e. The molecule has 4 unspecified atom stereocenters. The third-order valence-corrected chi connectivity index (χ3v) is 6.16. The fraction of sp³-hybridized carbons (Fsp3) is 0.200. The molecule has 0 spiro atoms. The lowest BCUT2D eigenvalue weighted by molar-refractivity contribution is 0.439. The molecule has 4 atom stereocenters. The van der Waals surface area contributed by atoms with E-state index in [0.29, 0.717) is 22.6 Å². The summed E-state index contributed by atoms with van der Waals surface area (Å²) >= 11 is 3.85. The van der Waals surface area contributed by atoms with Gasteiger partial charge < -0.3 is 0 Å². The molecule has 2 aromatic carbocycles. The minimum absolute atomic E-state index is 0.447. The van der Waals surface area contributed by atoms with Gasteiger partial charge in [0.1, 0.15) is 0 Å². The van der Waals surface area contributed by atoms with Crippen LogP contribution in [0.4, 0.5) is 0 Å². The fourth-order valence-electron chi connectivity index (χ4n) is 4.39. The Bertz CT molecular complexity index is 835. The zero-order valence-electron chi connectivity index (χ0n) is 11.5. The highest BCUT2D eigenvalue weighted by Gasteiger charge is 2.41. The SMILES string of the molecule is BrC1C=CC2c3cccc4cccc(c34)C3=CC=CC1C32. The van der Waals surface area contributed by atoms with Crippen molar-refractivity contribution in [2.45, 2.75) is 10.7 Å². The molecule has 0 saturated carbocycles. The van der Waals surface area contributed by atoms with Crippen LogP contribution in [0.25, 0.3) is 16.3 Å². The summed E-state index contributed by atoms with van der Waals surface area (Å²) in [5.74, 6) is 1.65. The summed E-state index contributed by atoms with van der Waals surface area (Å²) in [7, 11) is 0. The number of alkyl halides is 1. The Hall–Kier alpha value is -1.60. The van der Waals surface area contributed by atoms with E-state index in [1.807, 2.05) is 0 Å². The van der Waals surface area contributed by atoms with Gasteiger partial charge in [0.2, 0.25) is 0 Å². The fourth-order valence-corrected chi connectivity index (χ4v) is 5.07. The summed E-state index contributed by atoms with van der Waals surface area (Å²) in [6.45, 7) is 0. The molecule has 1 heteroatoms. The van der Waals surface area contributed by atoms with Crippen LogP contribution in [0.5, 0.6) is 0 Å². The lowest BCUT2D eigenvalue weighted by Crippen LogP contribution is -2.33. The van der Waals surface area contributed by atoms with Crippen molar-refractivity contribution in [3.8, 4) is 0 Å². The van der Waals surface area contributed by atoms with Crippen molar-refractivity contribution >= 4 is 32.3 Å². The molecule has 0 amide bonds. The first-order valence-corrected chi connectivity index (χ1v) is 8.49. The van der Waals surface area contributed by atoms with E-state index in [-0.39, 0.29) is 0 Å². The van der Waals surface area contributed by atoms with E-state index in [1.165, 1.54) is 27.5 Å². The first-order valence-electron chi connectivity index (χ1n) is 7.57. The zero-order chi connectivity index (χ0) is 14.0. The summed E-state index contributed by atoms with van der Waals surface area (Å²) in [5.41, 5.74) is 4.46. The van der Waals surface area contributed by atoms with E-state index in [9.17, 15) is 0 Å². The maximum atomic E-state index is 3.85. The quantitative estimate of drug-likeness (QED) is 0.443. The van der Waals surface area contributed by atoms with E-state index in [0.717, 1.165) is 0 Å². The van der Waals surface area contributed by atoms with Gasteiger partial charge in [-0.2, -0.15) is 0 Å². The van der Waals surface area contributed by atoms with Crippen LogP contribution in [-0.4, -0.2) is 4.83 Å². The molecule has 21 heavy (non-hydrogen) atoms. The molecule has 0 saturated heterocycles. The van der Waals surface area contributed by atoms with Crippen molar-refractivity contribution < 1.29 is 0 Å². The van der Waals surface area contributed by atoms with E-state index >= 15 is 0 Å². The highest BCUT2D eigenvalue weighted by Crippen LogP contribution is 2.54. The largest absolute Gasteiger partial charge is 0.0839 e. The minimum Gasteiger partial charge on any atom is -0.0839 e. The molecule has 0 radical (unpaired) electrons. The van der Waals surface area contributed by atoms with Crippen LogP contribution in [0, 0.1) is 11.8 Å². The molecule has 0 aliphatic heterocycles. The zero-order valence-corrected chi connectivity index (χ0v) is 13.1. The lowest BCUT2D eigenvalue weighted by atomic mass is 9.62. The van der Waals surface area contributed by atoms with Crippen LogP contribution in [0.15, 0.2) is 66.8 Å². The molecule has 0 fully saturated rings. The van der Waals surface area contributed by atoms with Crippen molar-refractivity contribution in [1.82, 2.24) is 0 Å². The Morgan fingerprint density at radius 3 is 2.67 bits per heavy atom. The van der Waals surface area contributed by atoms with Gasteiger partial charge >= 0.3 is 0 Å². The Labute approximate surface area is 133 Å². The molecule has 2 aromatic rings. The second kappa shape index (κ2) is 4.20. The van der Waals surface area contributed by atoms with Gasteiger partial charge in [-0.3, -0.25) is 0 Å². The molecule has 0 nitrogen and oxygen atoms in total. The van der Waals surface area contributed by atoms with Crippen molar-refractivity contribution in [1.29, 1.82) is 0 Å². The maximum Gasteiger partial charge on any atom is 0.0394 e. The summed E-state index contributed by atoms with van der Waals surface area (Å²) in [5, 5.41) is 2.82. The topological polar surface area (TPSA) is 0 Å². The van der Waals surface area contributed by atoms with Crippen molar-refractivity contribution in [3.63, 3.8) is 0 Å². The number of fused-ring (bicyclic) bond motifs is 2. The van der Waals surface area contributed by atoms with Crippen molar-refractivity contribution in [2.75, 3.05) is 0 Å². The van der Waals surface area contributed by atoms with Gasteiger partial charge in [0, 0.05) is 22.6 Å². The monoisotopic (exact) mass is 334 g/mol. The molecule has 3 aliphatic carbocycles. The number of halogens is 1. The Morgan fingerprint density at radius 1 is 0.905 bits per heavy atom. The van der Waals surface area contributed by atoms with Gasteiger partial charge in [-0.05, 0) is 27.5 Å². The molecule has 0 N–H and O–H groups in total. The van der Waals surface area contributed by atoms with Gasteiger partial charge in [0.15, 0.2) is 0 Å². The number of benzene rings is 2. The molecule has 0 heterocycles. The summed E-state index contributed by atoms with van der Waals surface area (Å²) in [6, 6.07) is 13.5. The summed E-state index contributed by atoms with van der Waals surface area (Å²) in [6.07, 6.45) is 11.7. The first-order chi connectivity index (χ1) is 10.3. The van der Waals surface area contributed by atoms with Crippen LogP contribution in [0.1, 0.15) is 17.0 Å². The van der Waals surface area contributed by atoms with Gasteiger partial charge in [-0.25, -0.2) is 0 Å². The number of hydrogen-bond acceptors (Lipinski definition) is 0. The molecular weight excluding hydrogens is 320 g/mol. The standard InChI is InChI=1S/C20H15Br/c21-18-11-10-16-14-7-2-5-12-4-1-6-13(19(12)14)15-8-3-9-17(18)20(15)16/h1-11,16-18,20H. The number of rotatable bonds is 0. The minimum atomic E-state index is 0.447. The predicted molar refractivity (Wildman–Crippen MR) is 92.6 cm³/mol. The van der Waals surface area contributed by atoms with Gasteiger partial charge in [0.05, 0.1) is 0 Å². The highest BCUT2D eigenvalue weighted by atomic mass is 79.9. The van der Waals surface area contributed by atoms with Crippen LogP contribution in [0.2, 0.25) is 0 Å². The summed E-state index contributed by atoms with van der Waals surface area (Å²) < 4.78 is 0. The Balaban J connectivity index is 1.92. The second-order valence-electron chi connectivity index (χ2n) is 6.22. The van der Waals surface area contributed by atoms with E-state index in [1.54, 1.807) is 0 Å². The maximum absolute atomic E-state index is 3.85.